The van der Waals surface area contributed by atoms with Gasteiger partial charge in [0.05, 0.1) is 0 Å². The normalized spacial score (nSPS) is 23.4. The number of hydrogen-bond acceptors (Lipinski definition) is 2. The third-order valence-corrected chi connectivity index (χ3v) is 4.62. The highest BCUT2D eigenvalue weighted by Crippen LogP contribution is 2.30. The van der Waals surface area contributed by atoms with Crippen LogP contribution in [0.3, 0.4) is 0 Å². The average molecular weight is 261 g/mol. The predicted molar refractivity (Wildman–Crippen MR) is 76.6 cm³/mol. The van der Waals surface area contributed by atoms with Gasteiger partial charge in [0.2, 0.25) is 5.91 Å². The first-order valence-electron chi connectivity index (χ1n) is 6.30. The number of carbonyl (C=O) groups is 1. The van der Waals surface area contributed by atoms with E-state index < -0.39 is 0 Å². The lowest BCUT2D eigenvalue weighted by molar-refractivity contribution is -0.130. The molecule has 0 unspecified atom stereocenters. The summed E-state index contributed by atoms with van der Waals surface area (Å²) in [6.45, 7) is 7.29. The molecular weight excluding hydrogens is 242 g/mol. The van der Waals surface area contributed by atoms with Crippen LogP contribution in [0.5, 0.6) is 0 Å². The van der Waals surface area contributed by atoms with Gasteiger partial charge in [-0.2, -0.15) is 0 Å². The first-order chi connectivity index (χ1) is 8.72. The molecule has 1 heterocycles. The minimum Gasteiger partial charge on any atom is -0.338 e. The van der Waals surface area contributed by atoms with Crippen molar-refractivity contribution in [2.45, 2.75) is 11.8 Å². The number of benzene rings is 1. The number of likely N-dealkylation sites (tertiary alicyclic amines) is 1. The highest BCUT2D eigenvalue weighted by Gasteiger charge is 2.36. The van der Waals surface area contributed by atoms with Crippen molar-refractivity contribution in [1.29, 1.82) is 0 Å². The van der Waals surface area contributed by atoms with Crippen molar-refractivity contribution >= 4 is 17.7 Å². The van der Waals surface area contributed by atoms with Gasteiger partial charge in [0, 0.05) is 29.7 Å². The predicted octanol–water partition coefficient (Wildman–Crippen LogP) is 3.06. The summed E-state index contributed by atoms with van der Waals surface area (Å²) in [5.41, 5.74) is 0. The Morgan fingerprint density at radius 3 is 2.83 bits per heavy atom. The number of nitrogens with zero attached hydrogens (tertiary/aromatic N) is 1. The maximum absolute atomic E-state index is 12.0. The number of amides is 1. The van der Waals surface area contributed by atoms with Crippen LogP contribution in [0, 0.1) is 11.8 Å². The molecule has 1 amide bonds. The molecule has 0 radical (unpaired) electrons. The average Bonchev–Trinajstić information content (AvgIpc) is 2.66. The lowest BCUT2D eigenvalue weighted by Crippen LogP contribution is -2.26. The van der Waals surface area contributed by atoms with E-state index in [0.717, 1.165) is 12.3 Å². The van der Waals surface area contributed by atoms with E-state index in [1.165, 1.54) is 4.90 Å². The Balaban J connectivity index is 1.90. The zero-order valence-corrected chi connectivity index (χ0v) is 11.5. The summed E-state index contributed by atoms with van der Waals surface area (Å²) in [6.07, 6.45) is 1.80. The molecule has 1 aromatic carbocycles. The smallest absolute Gasteiger partial charge is 0.226 e. The van der Waals surface area contributed by atoms with Gasteiger partial charge in [0.25, 0.3) is 0 Å². The molecule has 2 atom stereocenters. The zero-order chi connectivity index (χ0) is 13.0. The van der Waals surface area contributed by atoms with Crippen LogP contribution in [0.15, 0.2) is 47.9 Å². The third kappa shape index (κ3) is 2.96. The molecule has 18 heavy (non-hydrogen) atoms. The zero-order valence-electron chi connectivity index (χ0n) is 10.7. The molecule has 1 saturated heterocycles. The third-order valence-electron chi connectivity index (χ3n) is 3.42. The van der Waals surface area contributed by atoms with Gasteiger partial charge in [-0.3, -0.25) is 4.79 Å². The van der Waals surface area contributed by atoms with Gasteiger partial charge in [0.15, 0.2) is 0 Å². The molecule has 1 aliphatic heterocycles. The number of carbonyl (C=O) groups excluding carboxylic acids is 1. The van der Waals surface area contributed by atoms with Crippen LogP contribution in [0.1, 0.15) is 6.92 Å². The van der Waals surface area contributed by atoms with Crippen LogP contribution < -0.4 is 0 Å². The van der Waals surface area contributed by atoms with E-state index in [2.05, 4.69) is 30.8 Å². The standard InChI is InChI=1S/C15H19NOS/c1-3-9-16-10-13(12(2)15(16)17)11-18-14-7-5-4-6-8-14/h3-8,12-13H,1,9-11H2,2H3/t12-,13-/m1/s1. The van der Waals surface area contributed by atoms with E-state index in [1.807, 2.05) is 29.7 Å². The molecule has 0 aliphatic carbocycles. The number of thioether (sulfide) groups is 1. The molecule has 1 aliphatic rings. The second kappa shape index (κ2) is 6.10. The fraction of sp³-hybridized carbons (Fsp3) is 0.400. The van der Waals surface area contributed by atoms with E-state index in [-0.39, 0.29) is 11.8 Å². The maximum atomic E-state index is 12.0. The SMILES string of the molecule is C=CCN1C[C@H](CSc2ccccc2)[C@@H](C)C1=O. The van der Waals surface area contributed by atoms with Crippen molar-refractivity contribution in [3.8, 4) is 0 Å². The lowest BCUT2D eigenvalue weighted by atomic mass is 10.0. The Kier molecular flexibility index (Phi) is 4.48. The minimum absolute atomic E-state index is 0.140. The van der Waals surface area contributed by atoms with Crippen molar-refractivity contribution in [2.24, 2.45) is 11.8 Å². The van der Waals surface area contributed by atoms with Crippen LogP contribution in [0.4, 0.5) is 0 Å². The van der Waals surface area contributed by atoms with Gasteiger partial charge < -0.3 is 4.90 Å². The molecule has 0 N–H and O–H groups in total. The summed E-state index contributed by atoms with van der Waals surface area (Å²) in [5, 5.41) is 0. The summed E-state index contributed by atoms with van der Waals surface area (Å²) in [7, 11) is 0. The van der Waals surface area contributed by atoms with Gasteiger partial charge in [-0.25, -0.2) is 0 Å². The van der Waals surface area contributed by atoms with E-state index in [4.69, 9.17) is 0 Å². The van der Waals surface area contributed by atoms with Gasteiger partial charge in [-0.15, -0.1) is 18.3 Å². The fourth-order valence-electron chi connectivity index (χ4n) is 2.26. The summed E-state index contributed by atoms with van der Waals surface area (Å²) < 4.78 is 0. The van der Waals surface area contributed by atoms with E-state index >= 15 is 0 Å². The van der Waals surface area contributed by atoms with Crippen LogP contribution in [0.2, 0.25) is 0 Å². The van der Waals surface area contributed by atoms with Gasteiger partial charge in [0.1, 0.15) is 0 Å². The molecule has 2 rings (SSSR count). The summed E-state index contributed by atoms with van der Waals surface area (Å²) in [4.78, 5) is 15.2. The molecule has 0 spiro atoms. The van der Waals surface area contributed by atoms with Gasteiger partial charge >= 0.3 is 0 Å². The number of rotatable bonds is 5. The van der Waals surface area contributed by atoms with E-state index in [1.54, 1.807) is 6.08 Å². The second-order valence-electron chi connectivity index (χ2n) is 4.70. The molecule has 3 heteroatoms. The van der Waals surface area contributed by atoms with Crippen LogP contribution in [-0.4, -0.2) is 29.6 Å². The highest BCUT2D eigenvalue weighted by atomic mass is 32.2. The van der Waals surface area contributed by atoms with E-state index in [9.17, 15) is 4.79 Å². The molecule has 0 saturated carbocycles. The van der Waals surface area contributed by atoms with Crippen LogP contribution in [-0.2, 0) is 4.79 Å². The van der Waals surface area contributed by atoms with Crippen LogP contribution >= 0.6 is 11.8 Å². The molecule has 1 fully saturated rings. The Labute approximate surface area is 113 Å². The molecule has 96 valence electrons. The summed E-state index contributed by atoms with van der Waals surface area (Å²) >= 11 is 1.84. The van der Waals surface area contributed by atoms with Crippen molar-refractivity contribution in [1.82, 2.24) is 4.90 Å². The molecular formula is C15H19NOS. The Morgan fingerprint density at radius 2 is 2.17 bits per heavy atom. The Bertz CT molecular complexity index is 418. The molecule has 2 nitrogen and oxygen atoms in total. The van der Waals surface area contributed by atoms with Crippen LogP contribution in [0.25, 0.3) is 0 Å². The van der Waals surface area contributed by atoms with Crippen molar-refractivity contribution in [3.63, 3.8) is 0 Å². The molecule has 0 aromatic heterocycles. The monoisotopic (exact) mass is 261 g/mol. The Hall–Kier alpha value is -1.22. The van der Waals surface area contributed by atoms with E-state index in [0.29, 0.717) is 12.5 Å². The minimum atomic E-state index is 0.140. The summed E-state index contributed by atoms with van der Waals surface area (Å²) in [5.74, 6) is 1.86. The quantitative estimate of drug-likeness (QED) is 0.600. The largest absolute Gasteiger partial charge is 0.338 e. The van der Waals surface area contributed by atoms with Gasteiger partial charge in [-0.1, -0.05) is 31.2 Å². The summed E-state index contributed by atoms with van der Waals surface area (Å²) in [6, 6.07) is 10.4. The van der Waals surface area contributed by atoms with Crippen molar-refractivity contribution < 1.29 is 4.79 Å². The Morgan fingerprint density at radius 1 is 1.44 bits per heavy atom. The fourth-order valence-corrected chi connectivity index (χ4v) is 3.41. The lowest BCUT2D eigenvalue weighted by Gasteiger charge is -2.13. The van der Waals surface area contributed by atoms with Gasteiger partial charge in [-0.05, 0) is 18.1 Å². The molecule has 0 bridgehead atoms. The first-order valence-corrected chi connectivity index (χ1v) is 7.28. The maximum Gasteiger partial charge on any atom is 0.226 e. The second-order valence-corrected chi connectivity index (χ2v) is 5.80. The van der Waals surface area contributed by atoms with Crippen molar-refractivity contribution in [2.75, 3.05) is 18.8 Å². The number of hydrogen-bond donors (Lipinski definition) is 0. The van der Waals surface area contributed by atoms with Crippen molar-refractivity contribution in [3.05, 3.63) is 43.0 Å². The highest BCUT2D eigenvalue weighted by molar-refractivity contribution is 7.99. The first kappa shape index (κ1) is 13.2. The molecule has 1 aromatic rings. The topological polar surface area (TPSA) is 20.3 Å².